The summed E-state index contributed by atoms with van der Waals surface area (Å²) in [4.78, 5) is 10.3. The predicted octanol–water partition coefficient (Wildman–Crippen LogP) is 1.40. The molecule has 56 valence electrons. The Hall–Kier alpha value is -1.06. The number of cyclic esters (lactones) is 2. The Labute approximate surface area is 57.4 Å². The molecule has 0 saturated carbocycles. The molecular weight excluding hydrogens is 139 g/mol. The zero-order valence-corrected chi connectivity index (χ0v) is 5.25. The van der Waals surface area contributed by atoms with Gasteiger partial charge in [0.2, 0.25) is 0 Å². The van der Waals surface area contributed by atoms with Crippen LogP contribution in [0.1, 0.15) is 6.42 Å². The van der Waals surface area contributed by atoms with Crippen molar-refractivity contribution in [3.05, 3.63) is 12.4 Å². The number of rotatable bonds is 2. The lowest BCUT2D eigenvalue weighted by molar-refractivity contribution is 0.118. The summed E-state index contributed by atoms with van der Waals surface area (Å²) in [7, 11) is 0. The number of ether oxygens (including phenoxy) is 2. The van der Waals surface area contributed by atoms with Gasteiger partial charge in [-0.1, -0.05) is 6.08 Å². The summed E-state index contributed by atoms with van der Waals surface area (Å²) in [5, 5.41) is 0. The van der Waals surface area contributed by atoms with Crippen LogP contribution in [0.25, 0.3) is 0 Å². The maximum absolute atomic E-state index is 11.4. The van der Waals surface area contributed by atoms with Gasteiger partial charge in [0.15, 0.2) is 0 Å². The van der Waals surface area contributed by atoms with Crippen LogP contribution < -0.4 is 0 Å². The van der Waals surface area contributed by atoms with E-state index in [9.17, 15) is 9.18 Å². The Bertz CT molecular complexity index is 155. The molecule has 1 unspecified atom stereocenters. The third-order valence-electron chi connectivity index (χ3n) is 1.14. The molecule has 0 radical (unpaired) electrons. The van der Waals surface area contributed by atoms with Crippen LogP contribution in [0.4, 0.5) is 9.18 Å². The monoisotopic (exact) mass is 146 g/mol. The molecule has 10 heavy (non-hydrogen) atoms. The van der Waals surface area contributed by atoms with Crippen molar-refractivity contribution in [2.24, 2.45) is 0 Å². The quantitative estimate of drug-likeness (QED) is 0.552. The lowest BCUT2D eigenvalue weighted by atomic mass is 10.3. The van der Waals surface area contributed by atoms with Crippen LogP contribution in [-0.2, 0) is 9.47 Å². The van der Waals surface area contributed by atoms with E-state index in [1.165, 1.54) is 6.08 Å². The smallest absolute Gasteiger partial charge is 0.430 e. The normalized spacial score (nSPS) is 24.9. The van der Waals surface area contributed by atoms with Gasteiger partial charge >= 0.3 is 6.16 Å². The molecule has 1 atom stereocenters. The van der Waals surface area contributed by atoms with Gasteiger partial charge in [-0.25, -0.2) is 9.18 Å². The van der Waals surface area contributed by atoms with Gasteiger partial charge in [0.25, 0.3) is 0 Å². The number of hydrogen-bond donors (Lipinski definition) is 0. The van der Waals surface area contributed by atoms with E-state index < -0.39 is 6.16 Å². The van der Waals surface area contributed by atoms with E-state index in [1.807, 2.05) is 0 Å². The minimum absolute atomic E-state index is 0.225. The van der Waals surface area contributed by atoms with E-state index in [0.29, 0.717) is 12.8 Å². The lowest BCUT2D eigenvalue weighted by Crippen LogP contribution is -2.07. The third kappa shape index (κ3) is 1.72. The van der Waals surface area contributed by atoms with Crippen molar-refractivity contribution in [2.75, 3.05) is 6.61 Å². The summed E-state index contributed by atoms with van der Waals surface area (Å²) in [5.41, 5.74) is 0. The minimum atomic E-state index is -0.669. The lowest BCUT2D eigenvalue weighted by Gasteiger charge is -1.98. The van der Waals surface area contributed by atoms with Crippen molar-refractivity contribution in [2.45, 2.75) is 12.5 Å². The largest absolute Gasteiger partial charge is 0.508 e. The van der Waals surface area contributed by atoms with Crippen molar-refractivity contribution in [3.8, 4) is 0 Å². The molecule has 1 fully saturated rings. The Balaban J connectivity index is 2.24. The summed E-state index contributed by atoms with van der Waals surface area (Å²) >= 11 is 0. The molecule has 0 aromatic carbocycles. The van der Waals surface area contributed by atoms with Crippen LogP contribution >= 0.6 is 0 Å². The molecule has 0 bridgehead atoms. The first-order valence-corrected chi connectivity index (χ1v) is 2.91. The average molecular weight is 146 g/mol. The van der Waals surface area contributed by atoms with E-state index in [2.05, 4.69) is 9.47 Å². The molecule has 0 spiro atoms. The molecule has 1 aliphatic heterocycles. The fourth-order valence-electron chi connectivity index (χ4n) is 0.684. The van der Waals surface area contributed by atoms with Gasteiger partial charge in [-0.15, -0.1) is 0 Å². The Morgan fingerprint density at radius 2 is 2.60 bits per heavy atom. The zero-order valence-electron chi connectivity index (χ0n) is 5.25. The topological polar surface area (TPSA) is 35.5 Å². The molecular formula is C6H7FO3. The minimum Gasteiger partial charge on any atom is -0.430 e. The zero-order chi connectivity index (χ0) is 7.40. The van der Waals surface area contributed by atoms with Crippen LogP contribution in [0, 0.1) is 0 Å². The molecule has 1 heterocycles. The molecule has 0 aromatic rings. The second-order valence-corrected chi connectivity index (χ2v) is 1.90. The molecule has 0 N–H and O–H groups in total. The molecule has 0 aliphatic carbocycles. The summed E-state index contributed by atoms with van der Waals surface area (Å²) in [6.45, 7) is 0.225. The Morgan fingerprint density at radius 3 is 3.10 bits per heavy atom. The van der Waals surface area contributed by atoms with Gasteiger partial charge < -0.3 is 9.47 Å². The van der Waals surface area contributed by atoms with E-state index in [4.69, 9.17) is 0 Å². The summed E-state index contributed by atoms with van der Waals surface area (Å²) in [5.74, 6) is 0. The summed E-state index contributed by atoms with van der Waals surface area (Å²) < 4.78 is 20.4. The van der Waals surface area contributed by atoms with E-state index in [-0.39, 0.29) is 12.7 Å². The second-order valence-electron chi connectivity index (χ2n) is 1.90. The molecule has 1 saturated heterocycles. The molecule has 1 rings (SSSR count). The van der Waals surface area contributed by atoms with Crippen molar-refractivity contribution in [3.63, 3.8) is 0 Å². The van der Waals surface area contributed by atoms with Gasteiger partial charge in [-0.2, -0.15) is 0 Å². The standard InChI is InChI=1S/C6H7FO3/c7-3-1-2-5-4-9-6(8)10-5/h1,3,5H,2,4H2. The van der Waals surface area contributed by atoms with Crippen molar-refractivity contribution in [1.82, 2.24) is 0 Å². The van der Waals surface area contributed by atoms with Gasteiger partial charge in [0, 0.05) is 6.42 Å². The van der Waals surface area contributed by atoms with Gasteiger partial charge in [-0.3, -0.25) is 0 Å². The summed E-state index contributed by atoms with van der Waals surface area (Å²) in [6, 6.07) is 0. The third-order valence-corrected chi connectivity index (χ3v) is 1.14. The first-order valence-electron chi connectivity index (χ1n) is 2.91. The molecule has 0 aromatic heterocycles. The Kier molecular flexibility index (Phi) is 2.25. The van der Waals surface area contributed by atoms with Crippen molar-refractivity contribution in [1.29, 1.82) is 0 Å². The highest BCUT2D eigenvalue weighted by Crippen LogP contribution is 2.09. The van der Waals surface area contributed by atoms with Gasteiger partial charge in [0.05, 0.1) is 6.33 Å². The fourth-order valence-corrected chi connectivity index (χ4v) is 0.684. The van der Waals surface area contributed by atoms with Crippen LogP contribution in [0.2, 0.25) is 0 Å². The first kappa shape index (κ1) is 7.05. The highest BCUT2D eigenvalue weighted by Gasteiger charge is 2.23. The van der Waals surface area contributed by atoms with Crippen LogP contribution in [0.15, 0.2) is 12.4 Å². The average Bonchev–Trinajstić information content (AvgIpc) is 2.31. The SMILES string of the molecule is O=C1OCC(CC=CF)O1. The Morgan fingerprint density at radius 1 is 1.80 bits per heavy atom. The molecule has 1 aliphatic rings. The highest BCUT2D eigenvalue weighted by atomic mass is 19.1. The molecule has 3 nitrogen and oxygen atoms in total. The van der Waals surface area contributed by atoms with Gasteiger partial charge in [0.1, 0.15) is 12.7 Å². The number of hydrogen-bond acceptors (Lipinski definition) is 3. The van der Waals surface area contributed by atoms with Crippen LogP contribution in [-0.4, -0.2) is 18.9 Å². The number of carbonyl (C=O) groups excluding carboxylic acids is 1. The summed E-state index contributed by atoms with van der Waals surface area (Å²) in [6.07, 6.45) is 1.11. The second kappa shape index (κ2) is 3.20. The fraction of sp³-hybridized carbons (Fsp3) is 0.500. The van der Waals surface area contributed by atoms with E-state index in [0.717, 1.165) is 0 Å². The van der Waals surface area contributed by atoms with E-state index in [1.54, 1.807) is 0 Å². The highest BCUT2D eigenvalue weighted by molar-refractivity contribution is 5.61. The van der Waals surface area contributed by atoms with Gasteiger partial charge in [-0.05, 0) is 0 Å². The van der Waals surface area contributed by atoms with Crippen molar-refractivity contribution < 1.29 is 18.7 Å². The molecule has 4 heteroatoms. The maximum atomic E-state index is 11.4. The maximum Gasteiger partial charge on any atom is 0.508 e. The number of carbonyl (C=O) groups is 1. The first-order chi connectivity index (χ1) is 4.83. The van der Waals surface area contributed by atoms with Crippen molar-refractivity contribution >= 4 is 6.16 Å². The number of halogens is 1. The predicted molar refractivity (Wildman–Crippen MR) is 31.1 cm³/mol. The van der Waals surface area contributed by atoms with Crippen LogP contribution in [0.5, 0.6) is 0 Å². The van der Waals surface area contributed by atoms with Crippen LogP contribution in [0.3, 0.4) is 0 Å². The molecule has 0 amide bonds. The van der Waals surface area contributed by atoms with E-state index >= 15 is 0 Å².